The molecule has 0 aliphatic rings. The fourth-order valence-electron chi connectivity index (χ4n) is 2.00. The molecule has 2 rings (SSSR count). The van der Waals surface area contributed by atoms with Crippen LogP contribution < -0.4 is 10.1 Å². The maximum absolute atomic E-state index is 6.21. The Morgan fingerprint density at radius 3 is 2.38 bits per heavy atom. The molecule has 112 valence electrons. The van der Waals surface area contributed by atoms with Gasteiger partial charge in [-0.05, 0) is 67.1 Å². The first-order valence-corrected chi connectivity index (χ1v) is 8.24. The molecule has 0 fully saturated rings. The Kier molecular flexibility index (Phi) is 5.65. The molecule has 0 spiro atoms. The summed E-state index contributed by atoms with van der Waals surface area (Å²) < 4.78 is 7.39. The minimum Gasteiger partial charge on any atom is -0.484 e. The molecule has 2 nitrogen and oxygen atoms in total. The van der Waals surface area contributed by atoms with Crippen LogP contribution in [-0.4, -0.2) is 12.1 Å². The van der Waals surface area contributed by atoms with E-state index in [1.165, 1.54) is 9.13 Å². The van der Waals surface area contributed by atoms with Crippen LogP contribution in [0.25, 0.3) is 0 Å². The smallest absolute Gasteiger partial charge is 0.136 e. The quantitative estimate of drug-likeness (QED) is 0.735. The second-order valence-corrected chi connectivity index (χ2v) is 7.35. The van der Waals surface area contributed by atoms with E-state index in [1.807, 2.05) is 18.2 Å². The van der Waals surface area contributed by atoms with Gasteiger partial charge in [0.25, 0.3) is 0 Å². The van der Waals surface area contributed by atoms with E-state index >= 15 is 0 Å². The molecule has 0 bridgehead atoms. The van der Waals surface area contributed by atoms with Crippen LogP contribution in [-0.2, 0) is 0 Å². The molecule has 0 heterocycles. The number of rotatable bonds is 5. The van der Waals surface area contributed by atoms with Crippen LogP contribution in [0.4, 0.5) is 0 Å². The van der Waals surface area contributed by atoms with Crippen LogP contribution in [0.1, 0.15) is 32.4 Å². The molecule has 0 radical (unpaired) electrons. The third kappa shape index (κ3) is 5.67. The van der Waals surface area contributed by atoms with Crippen LogP contribution in [0.2, 0.25) is 0 Å². The van der Waals surface area contributed by atoms with E-state index in [9.17, 15) is 0 Å². The van der Waals surface area contributed by atoms with Crippen LogP contribution in [0, 0.1) is 3.57 Å². The normalized spacial score (nSPS) is 13.0. The number of benzene rings is 2. The summed E-state index contributed by atoms with van der Waals surface area (Å²) in [4.78, 5) is 0. The summed E-state index contributed by atoms with van der Waals surface area (Å²) in [6.45, 7) is 7.28. The van der Waals surface area contributed by atoms with Gasteiger partial charge in [0.15, 0.2) is 0 Å². The number of ether oxygens (including phenoxy) is 1. The molecular formula is C18H22INO. The van der Waals surface area contributed by atoms with Crippen LogP contribution in [0.3, 0.4) is 0 Å². The monoisotopic (exact) mass is 395 g/mol. The standard InChI is InChI=1S/C18H22INO/c1-18(2,3)20-13-17(14-8-5-4-6-9-14)21-16-11-7-10-15(19)12-16/h4-12,17,20H,13H2,1-3H3. The lowest BCUT2D eigenvalue weighted by molar-refractivity contribution is 0.188. The van der Waals surface area contributed by atoms with E-state index < -0.39 is 0 Å². The fraction of sp³-hybridized carbons (Fsp3) is 0.333. The molecule has 0 saturated heterocycles. The highest BCUT2D eigenvalue weighted by atomic mass is 127. The molecule has 21 heavy (non-hydrogen) atoms. The van der Waals surface area contributed by atoms with Crippen molar-refractivity contribution in [1.82, 2.24) is 5.32 Å². The minimum atomic E-state index is 0.00336. The largest absolute Gasteiger partial charge is 0.484 e. The summed E-state index contributed by atoms with van der Waals surface area (Å²) in [5, 5.41) is 3.53. The lowest BCUT2D eigenvalue weighted by atomic mass is 10.1. The van der Waals surface area contributed by atoms with Crippen LogP contribution >= 0.6 is 22.6 Å². The van der Waals surface area contributed by atoms with E-state index in [-0.39, 0.29) is 11.6 Å². The van der Waals surface area contributed by atoms with Gasteiger partial charge in [0.2, 0.25) is 0 Å². The second-order valence-electron chi connectivity index (χ2n) is 6.11. The Hall–Kier alpha value is -1.07. The number of hydrogen-bond donors (Lipinski definition) is 1. The maximum atomic E-state index is 6.21. The summed E-state index contributed by atoms with van der Waals surface area (Å²) in [7, 11) is 0. The average Bonchev–Trinajstić information content (AvgIpc) is 2.43. The zero-order valence-electron chi connectivity index (χ0n) is 12.8. The van der Waals surface area contributed by atoms with Crippen LogP contribution in [0.5, 0.6) is 5.75 Å². The topological polar surface area (TPSA) is 21.3 Å². The van der Waals surface area contributed by atoms with E-state index in [2.05, 4.69) is 85.1 Å². The molecule has 0 aromatic heterocycles. The van der Waals surface area contributed by atoms with E-state index in [0.29, 0.717) is 0 Å². The average molecular weight is 395 g/mol. The highest BCUT2D eigenvalue weighted by molar-refractivity contribution is 14.1. The first-order chi connectivity index (χ1) is 9.94. The van der Waals surface area contributed by atoms with Crippen molar-refractivity contribution in [2.75, 3.05) is 6.54 Å². The Morgan fingerprint density at radius 1 is 1.05 bits per heavy atom. The van der Waals surface area contributed by atoms with Gasteiger partial charge in [-0.15, -0.1) is 0 Å². The van der Waals surface area contributed by atoms with Crippen molar-refractivity contribution in [3.05, 3.63) is 63.7 Å². The first-order valence-electron chi connectivity index (χ1n) is 7.16. The van der Waals surface area contributed by atoms with Gasteiger partial charge in [-0.25, -0.2) is 0 Å². The first kappa shape index (κ1) is 16.3. The third-order valence-corrected chi connectivity index (χ3v) is 3.73. The molecule has 2 aromatic carbocycles. The molecule has 1 unspecified atom stereocenters. The molecule has 2 aromatic rings. The van der Waals surface area contributed by atoms with Gasteiger partial charge in [-0.2, -0.15) is 0 Å². The Morgan fingerprint density at radius 2 is 1.76 bits per heavy atom. The zero-order chi connectivity index (χ0) is 15.3. The van der Waals surface area contributed by atoms with E-state index in [4.69, 9.17) is 4.74 Å². The van der Waals surface area contributed by atoms with Crippen molar-refractivity contribution < 1.29 is 4.74 Å². The van der Waals surface area contributed by atoms with Crippen molar-refractivity contribution >= 4 is 22.6 Å². The molecule has 0 aliphatic carbocycles. The van der Waals surface area contributed by atoms with Gasteiger partial charge in [0.05, 0.1) is 0 Å². The summed E-state index contributed by atoms with van der Waals surface area (Å²) in [5.41, 5.74) is 1.26. The highest BCUT2D eigenvalue weighted by Gasteiger charge is 2.17. The van der Waals surface area contributed by atoms with Crippen molar-refractivity contribution in [1.29, 1.82) is 0 Å². The fourth-order valence-corrected chi connectivity index (χ4v) is 2.51. The third-order valence-electron chi connectivity index (χ3n) is 3.06. The molecule has 0 saturated carbocycles. The van der Waals surface area contributed by atoms with E-state index in [0.717, 1.165) is 12.3 Å². The van der Waals surface area contributed by atoms with Crippen molar-refractivity contribution in [3.63, 3.8) is 0 Å². The van der Waals surface area contributed by atoms with Gasteiger partial charge in [-0.3, -0.25) is 0 Å². The molecule has 1 N–H and O–H groups in total. The summed E-state index contributed by atoms with van der Waals surface area (Å²) in [5.74, 6) is 0.909. The van der Waals surface area contributed by atoms with Crippen molar-refractivity contribution in [2.45, 2.75) is 32.4 Å². The highest BCUT2D eigenvalue weighted by Crippen LogP contribution is 2.23. The number of halogens is 1. The van der Waals surface area contributed by atoms with Crippen molar-refractivity contribution in [2.24, 2.45) is 0 Å². The summed E-state index contributed by atoms with van der Waals surface area (Å²) in [6, 6.07) is 18.5. The van der Waals surface area contributed by atoms with Crippen molar-refractivity contribution in [3.8, 4) is 5.75 Å². The lowest BCUT2D eigenvalue weighted by Crippen LogP contribution is -2.39. The lowest BCUT2D eigenvalue weighted by Gasteiger charge is -2.26. The van der Waals surface area contributed by atoms with Gasteiger partial charge in [0.1, 0.15) is 11.9 Å². The van der Waals surface area contributed by atoms with Gasteiger partial charge >= 0.3 is 0 Å². The molecular weight excluding hydrogens is 373 g/mol. The number of nitrogens with one attached hydrogen (secondary N) is 1. The molecule has 0 amide bonds. The molecule has 3 heteroatoms. The van der Waals surface area contributed by atoms with Gasteiger partial charge in [0, 0.05) is 15.7 Å². The molecule has 0 aliphatic heterocycles. The minimum absolute atomic E-state index is 0.00336. The summed E-state index contributed by atoms with van der Waals surface area (Å²) in [6.07, 6.45) is 0.00336. The molecule has 1 atom stereocenters. The van der Waals surface area contributed by atoms with E-state index in [1.54, 1.807) is 0 Å². The number of hydrogen-bond acceptors (Lipinski definition) is 2. The van der Waals surface area contributed by atoms with Crippen LogP contribution in [0.15, 0.2) is 54.6 Å². The predicted octanol–water partition coefficient (Wildman–Crippen LogP) is 4.80. The Bertz CT molecular complexity index is 563. The van der Waals surface area contributed by atoms with Gasteiger partial charge in [-0.1, -0.05) is 36.4 Å². The maximum Gasteiger partial charge on any atom is 0.136 e. The Labute approximate surface area is 141 Å². The SMILES string of the molecule is CC(C)(C)NCC(Oc1cccc(I)c1)c1ccccc1. The van der Waals surface area contributed by atoms with Gasteiger partial charge < -0.3 is 10.1 Å². The second kappa shape index (κ2) is 7.27. The Balaban J connectivity index is 2.16. The zero-order valence-corrected chi connectivity index (χ0v) is 14.9. The predicted molar refractivity (Wildman–Crippen MR) is 96.7 cm³/mol. The summed E-state index contributed by atoms with van der Waals surface area (Å²) >= 11 is 2.31.